The Bertz CT molecular complexity index is 3110. The van der Waals surface area contributed by atoms with Crippen LogP contribution in [0.25, 0.3) is 0 Å². The number of carbonyl (C=O) groups is 1. The molecule has 0 aromatic heterocycles. The number of hydrogen-bond donors (Lipinski definition) is 1. The van der Waals surface area contributed by atoms with E-state index in [4.69, 9.17) is 47.4 Å². The fourth-order valence-electron chi connectivity index (χ4n) is 15.2. The summed E-state index contributed by atoms with van der Waals surface area (Å²) < 4.78 is 68.7. The van der Waals surface area contributed by atoms with E-state index in [1.165, 1.54) is 206 Å². The van der Waals surface area contributed by atoms with E-state index in [1.807, 2.05) is 109 Å². The van der Waals surface area contributed by atoms with E-state index in [2.05, 4.69) is 91.7 Å². The molecule has 0 spiro atoms. The molecule has 1 fully saturated rings. The zero-order chi connectivity index (χ0) is 77.9. The molecule has 6 aromatic carbocycles. The lowest BCUT2D eigenvalue weighted by Crippen LogP contribution is -2.62. The van der Waals surface area contributed by atoms with Crippen molar-refractivity contribution in [1.82, 2.24) is 10.2 Å². The smallest absolute Gasteiger partial charge is 0.220 e. The third kappa shape index (κ3) is 40.3. The van der Waals surface area contributed by atoms with Crippen LogP contribution >= 0.6 is 0 Å². The Balaban J connectivity index is 1.13. The first-order valence-electron chi connectivity index (χ1n) is 44.2. The molecule has 1 N–H and O–H groups in total. The summed E-state index contributed by atoms with van der Waals surface area (Å²) in [6.45, 7) is 12.6. The minimum absolute atomic E-state index is 0.00925. The number of amides is 1. The van der Waals surface area contributed by atoms with Gasteiger partial charge in [-0.3, -0.25) is 4.79 Å². The van der Waals surface area contributed by atoms with Crippen LogP contribution in [0.15, 0.2) is 170 Å². The summed E-state index contributed by atoms with van der Waals surface area (Å²) in [4.78, 5) is 17.9. The summed E-state index contributed by atoms with van der Waals surface area (Å²) in [7, 11) is 3.37. The van der Waals surface area contributed by atoms with Gasteiger partial charge >= 0.3 is 0 Å². The van der Waals surface area contributed by atoms with Gasteiger partial charge in [0.2, 0.25) is 5.91 Å². The number of benzene rings is 6. The van der Waals surface area contributed by atoms with E-state index in [1.54, 1.807) is 14.2 Å². The van der Waals surface area contributed by atoms with Crippen LogP contribution in [0.2, 0.25) is 0 Å². The van der Waals surface area contributed by atoms with Crippen molar-refractivity contribution in [2.45, 2.75) is 347 Å². The molecule has 6 aromatic rings. The van der Waals surface area contributed by atoms with Crippen molar-refractivity contribution < 1.29 is 52.2 Å². The highest BCUT2D eigenvalue weighted by molar-refractivity contribution is 5.76. The lowest BCUT2D eigenvalue weighted by atomic mass is 9.97. The minimum Gasteiger partial charge on any atom is -0.497 e. The van der Waals surface area contributed by atoms with Crippen molar-refractivity contribution in [2.24, 2.45) is 0 Å². The second-order valence-electron chi connectivity index (χ2n) is 31.3. The summed E-state index contributed by atoms with van der Waals surface area (Å²) in [6, 6.07) is 56.2. The van der Waals surface area contributed by atoms with Gasteiger partial charge in [0.1, 0.15) is 42.0 Å². The first-order chi connectivity index (χ1) is 54.9. The van der Waals surface area contributed by atoms with E-state index in [-0.39, 0.29) is 38.9 Å². The minimum atomic E-state index is -1.04. The van der Waals surface area contributed by atoms with Gasteiger partial charge in [0, 0.05) is 6.42 Å². The molecule has 13 heteroatoms. The largest absolute Gasteiger partial charge is 0.497 e. The molecule has 1 saturated heterocycles. The van der Waals surface area contributed by atoms with Crippen LogP contribution in [0.4, 0.5) is 0 Å². The fraction of sp³-hybridized carbons (Fsp3) is 0.622. The first kappa shape index (κ1) is 92.2. The lowest BCUT2D eigenvalue weighted by Gasteiger charge is -2.46. The van der Waals surface area contributed by atoms with Crippen LogP contribution in [0.5, 0.6) is 11.5 Å². The van der Waals surface area contributed by atoms with Crippen LogP contribution < -0.4 is 14.8 Å². The summed E-state index contributed by atoms with van der Waals surface area (Å²) in [5.41, 5.74) is 6.00. The summed E-state index contributed by atoms with van der Waals surface area (Å²) in [6.07, 6.45) is 40.3. The van der Waals surface area contributed by atoms with Crippen LogP contribution in [0.3, 0.4) is 0 Å². The Hall–Kier alpha value is -5.97. The van der Waals surface area contributed by atoms with Crippen molar-refractivity contribution >= 4 is 5.91 Å². The monoisotopic (exact) mass is 1530 g/mol. The van der Waals surface area contributed by atoms with Gasteiger partial charge in [-0.25, -0.2) is 0 Å². The molecule has 111 heavy (non-hydrogen) atoms. The second-order valence-corrected chi connectivity index (χ2v) is 31.3. The topological polar surface area (TPSA) is 125 Å². The van der Waals surface area contributed by atoms with Crippen molar-refractivity contribution in [3.63, 3.8) is 0 Å². The molecule has 0 radical (unpaired) electrons. The van der Waals surface area contributed by atoms with Gasteiger partial charge < -0.3 is 57.6 Å². The molecule has 1 heterocycles. The fourth-order valence-corrected chi connectivity index (χ4v) is 15.2. The van der Waals surface area contributed by atoms with E-state index in [0.29, 0.717) is 32.7 Å². The highest BCUT2D eigenvalue weighted by atomic mass is 16.7. The molecule has 616 valence electrons. The predicted molar refractivity (Wildman–Crippen MR) is 455 cm³/mol. The number of nitrogens with zero attached hydrogens (tertiary/aromatic N) is 1. The van der Waals surface area contributed by atoms with Gasteiger partial charge in [-0.1, -0.05) is 365 Å². The van der Waals surface area contributed by atoms with E-state index in [9.17, 15) is 0 Å². The van der Waals surface area contributed by atoms with Crippen molar-refractivity contribution in [1.29, 1.82) is 0 Å². The first-order valence-corrected chi connectivity index (χ1v) is 44.2. The number of carbonyl (C=O) groups excluding carboxylic acids is 1. The molecule has 0 aliphatic carbocycles. The highest BCUT2D eigenvalue weighted by Crippen LogP contribution is 2.34. The average molecular weight is 1530 g/mol. The molecule has 1 aliphatic heterocycles. The zero-order valence-electron chi connectivity index (χ0n) is 69.7. The molecule has 13 nitrogen and oxygen atoms in total. The summed E-state index contributed by atoms with van der Waals surface area (Å²) >= 11 is 0. The highest BCUT2D eigenvalue weighted by Gasteiger charge is 2.50. The van der Waals surface area contributed by atoms with E-state index >= 15 is 4.79 Å². The third-order valence-electron chi connectivity index (χ3n) is 22.0. The maximum Gasteiger partial charge on any atom is 0.220 e. The quantitative estimate of drug-likeness (QED) is 0.0366. The Morgan fingerprint density at radius 1 is 0.369 bits per heavy atom. The van der Waals surface area contributed by atoms with Crippen molar-refractivity contribution in [3.05, 3.63) is 203 Å². The van der Waals surface area contributed by atoms with Crippen LogP contribution in [-0.2, 0) is 82.3 Å². The SMILES string of the molecule is CCCCCCCCCCCCCC[C@@H](OCc1ccc(OC)cc1)[C@@H](OCc1ccc(OC)cc1)[C@H](CO[C@H]1O[C@H](COCc2ccccc2)[C@H](OCc2ccccc2)[C@H](OCc2ccccc2)[C@H]1OCc1ccccc1)NC(=O)CCCCCCCCCCCN(CCCCCCCCC)CCCCCCCCC. The summed E-state index contributed by atoms with van der Waals surface area (Å²) in [5, 5.41) is 3.59. The number of methoxy groups -OCH3 is 2. The third-order valence-corrected chi connectivity index (χ3v) is 22.0. The molecule has 0 bridgehead atoms. The van der Waals surface area contributed by atoms with Gasteiger partial charge in [0.05, 0.1) is 79.2 Å². The maximum absolute atomic E-state index is 15.1. The molecule has 1 amide bonds. The van der Waals surface area contributed by atoms with Gasteiger partial charge in [-0.05, 0) is 109 Å². The molecule has 8 atom stereocenters. The number of hydrogen-bond acceptors (Lipinski definition) is 12. The van der Waals surface area contributed by atoms with Crippen LogP contribution in [0, 0.1) is 0 Å². The number of nitrogens with one attached hydrogen (secondary N) is 1. The van der Waals surface area contributed by atoms with Crippen LogP contribution in [0.1, 0.15) is 292 Å². The zero-order valence-corrected chi connectivity index (χ0v) is 69.7. The standard InChI is InChI=1S/C98H148N2O11/c1-6-9-12-15-18-19-20-21-23-26-31-48-61-91(105-75-86-63-67-88(102-4)68-64-86)94(106-79-87-65-69-89(103-5)70-66-87)90(99-93(101)62-49-32-27-24-22-25-30-35-52-73-100(71-50-33-28-16-13-10-7-2)72-51-34-29-17-14-11-8-3)80-110-98-97(109-78-85-59-46-39-47-60-85)96(108-77-84-57-44-38-45-58-84)95(107-76-83-55-42-37-43-56-83)92(111-98)81-104-74-82-53-40-36-41-54-82/h36-47,53-60,63-70,90-92,94-98H,6-35,48-52,61-62,71-81H2,1-5H3,(H,99,101)/t90-,91+,92+,94-,95-,96-,97+,98-/m0/s1. The van der Waals surface area contributed by atoms with Gasteiger partial charge in [-0.2, -0.15) is 0 Å². The molecule has 1 aliphatic rings. The van der Waals surface area contributed by atoms with Crippen molar-refractivity contribution in [2.75, 3.05) is 47.1 Å². The van der Waals surface area contributed by atoms with Gasteiger partial charge in [-0.15, -0.1) is 0 Å². The molecule has 7 rings (SSSR count). The molecular weight excluding hydrogens is 1380 g/mol. The van der Waals surface area contributed by atoms with E-state index < -0.39 is 49.0 Å². The van der Waals surface area contributed by atoms with Crippen molar-refractivity contribution in [3.8, 4) is 11.5 Å². The molecule has 0 saturated carbocycles. The normalized spacial score (nSPS) is 16.6. The Labute approximate surface area is 673 Å². The van der Waals surface area contributed by atoms with E-state index in [0.717, 1.165) is 83.4 Å². The summed E-state index contributed by atoms with van der Waals surface area (Å²) in [5.74, 6) is 1.48. The average Bonchev–Trinajstić information content (AvgIpc) is 0.786. The number of ether oxygens (including phenoxy) is 10. The number of rotatable bonds is 68. The Morgan fingerprint density at radius 2 is 0.721 bits per heavy atom. The van der Waals surface area contributed by atoms with Crippen LogP contribution in [-0.4, -0.2) is 107 Å². The van der Waals surface area contributed by atoms with Gasteiger partial charge in [0.25, 0.3) is 0 Å². The predicted octanol–water partition coefficient (Wildman–Crippen LogP) is 24.2. The Morgan fingerprint density at radius 3 is 1.14 bits per heavy atom. The van der Waals surface area contributed by atoms with Gasteiger partial charge in [0.15, 0.2) is 6.29 Å². The second kappa shape index (κ2) is 60.6. The maximum atomic E-state index is 15.1. The lowest BCUT2D eigenvalue weighted by molar-refractivity contribution is -0.330. The molecule has 0 unspecified atom stereocenters. The Kier molecular flexibility index (Phi) is 50.3. The number of unbranched alkanes of at least 4 members (excludes halogenated alkanes) is 31. The molecular formula is C98H148N2O11.